The molecule has 1 aliphatic heterocycles. The number of fused-ring (bicyclic) bond motifs is 1. The maximum Gasteiger partial charge on any atom is 0.224 e. The van der Waals surface area contributed by atoms with Crippen molar-refractivity contribution in [3.05, 3.63) is 48.7 Å². The molecule has 2 aromatic heterocycles. The summed E-state index contributed by atoms with van der Waals surface area (Å²) < 4.78 is 2.11. The van der Waals surface area contributed by atoms with Crippen molar-refractivity contribution in [1.29, 1.82) is 0 Å². The highest BCUT2D eigenvalue weighted by Gasteiger charge is 2.30. The monoisotopic (exact) mass is 334 g/mol. The average Bonchev–Trinajstić information content (AvgIpc) is 3.17. The van der Waals surface area contributed by atoms with Gasteiger partial charge >= 0.3 is 0 Å². The fourth-order valence-corrected chi connectivity index (χ4v) is 3.67. The molecule has 5 heteroatoms. The third-order valence-electron chi connectivity index (χ3n) is 4.85. The smallest absolute Gasteiger partial charge is 0.224 e. The number of carbonyl (C=O) groups is 1. The van der Waals surface area contributed by atoms with Gasteiger partial charge in [0.2, 0.25) is 5.91 Å². The lowest BCUT2D eigenvalue weighted by Crippen LogP contribution is -2.28. The van der Waals surface area contributed by atoms with Gasteiger partial charge in [-0.3, -0.25) is 9.78 Å². The summed E-state index contributed by atoms with van der Waals surface area (Å²) in [5, 5.41) is 0. The maximum atomic E-state index is 12.4. The number of aromatic nitrogens is 3. The second-order valence-electron chi connectivity index (χ2n) is 6.68. The third kappa shape index (κ3) is 3.02. The Labute approximate surface area is 147 Å². The van der Waals surface area contributed by atoms with Crippen LogP contribution < -0.4 is 0 Å². The summed E-state index contributed by atoms with van der Waals surface area (Å²) in [6, 6.07) is 13.9. The molecule has 0 aliphatic carbocycles. The highest BCUT2D eigenvalue weighted by Crippen LogP contribution is 2.27. The first kappa shape index (κ1) is 15.8. The SMILES string of the molecule is CCCC1CC(=O)N(Cn2c(-c3ccccn3)nc3ccccc32)C1. The van der Waals surface area contributed by atoms with Crippen LogP contribution in [0, 0.1) is 5.92 Å². The van der Waals surface area contributed by atoms with Crippen LogP contribution in [-0.2, 0) is 11.5 Å². The van der Waals surface area contributed by atoms with Crippen molar-refractivity contribution >= 4 is 16.9 Å². The van der Waals surface area contributed by atoms with Crippen molar-refractivity contribution in [2.75, 3.05) is 6.54 Å². The zero-order valence-electron chi connectivity index (χ0n) is 14.4. The molecule has 1 aliphatic rings. The molecule has 1 fully saturated rings. The summed E-state index contributed by atoms with van der Waals surface area (Å²) in [4.78, 5) is 23.6. The van der Waals surface area contributed by atoms with E-state index in [1.165, 1.54) is 0 Å². The van der Waals surface area contributed by atoms with Gasteiger partial charge in [-0.1, -0.05) is 31.5 Å². The first-order valence-electron chi connectivity index (χ1n) is 8.90. The summed E-state index contributed by atoms with van der Waals surface area (Å²) in [7, 11) is 0. The molecule has 1 unspecified atom stereocenters. The van der Waals surface area contributed by atoms with Crippen molar-refractivity contribution in [3.8, 4) is 11.5 Å². The highest BCUT2D eigenvalue weighted by molar-refractivity contribution is 5.81. The summed E-state index contributed by atoms with van der Waals surface area (Å²) in [5.74, 6) is 1.53. The van der Waals surface area contributed by atoms with E-state index in [-0.39, 0.29) is 5.91 Å². The lowest BCUT2D eigenvalue weighted by atomic mass is 10.0. The molecule has 25 heavy (non-hydrogen) atoms. The minimum absolute atomic E-state index is 0.239. The van der Waals surface area contributed by atoms with Crippen LogP contribution >= 0.6 is 0 Å². The van der Waals surface area contributed by atoms with Crippen LogP contribution in [0.3, 0.4) is 0 Å². The van der Waals surface area contributed by atoms with Gasteiger partial charge in [-0.2, -0.15) is 0 Å². The number of benzene rings is 1. The van der Waals surface area contributed by atoms with Crippen LogP contribution in [-0.4, -0.2) is 31.9 Å². The molecule has 1 saturated heterocycles. The van der Waals surface area contributed by atoms with Crippen molar-refractivity contribution < 1.29 is 4.79 Å². The molecule has 4 rings (SSSR count). The van der Waals surface area contributed by atoms with E-state index in [4.69, 9.17) is 4.98 Å². The number of pyridine rings is 1. The van der Waals surface area contributed by atoms with Crippen molar-refractivity contribution in [2.24, 2.45) is 5.92 Å². The van der Waals surface area contributed by atoms with Gasteiger partial charge in [0.15, 0.2) is 5.82 Å². The number of hydrogen-bond acceptors (Lipinski definition) is 3. The van der Waals surface area contributed by atoms with E-state index in [1.807, 2.05) is 41.3 Å². The number of likely N-dealkylation sites (tertiary alicyclic amines) is 1. The van der Waals surface area contributed by atoms with E-state index < -0.39 is 0 Å². The zero-order chi connectivity index (χ0) is 17.2. The topological polar surface area (TPSA) is 51.0 Å². The predicted molar refractivity (Wildman–Crippen MR) is 97.7 cm³/mol. The van der Waals surface area contributed by atoms with Gasteiger partial charge in [0.1, 0.15) is 5.69 Å². The normalized spacial score (nSPS) is 17.6. The van der Waals surface area contributed by atoms with E-state index in [9.17, 15) is 4.79 Å². The van der Waals surface area contributed by atoms with Crippen LogP contribution in [0.1, 0.15) is 26.2 Å². The lowest BCUT2D eigenvalue weighted by molar-refractivity contribution is -0.129. The van der Waals surface area contributed by atoms with E-state index in [2.05, 4.69) is 22.5 Å². The minimum atomic E-state index is 0.239. The molecule has 1 aromatic carbocycles. The number of para-hydroxylation sites is 2. The Bertz CT molecular complexity index is 887. The number of nitrogens with zero attached hydrogens (tertiary/aromatic N) is 4. The average molecular weight is 334 g/mol. The largest absolute Gasteiger partial charge is 0.324 e. The van der Waals surface area contributed by atoms with Crippen LogP contribution in [0.4, 0.5) is 0 Å². The summed E-state index contributed by atoms with van der Waals surface area (Å²) in [6.45, 7) is 3.54. The molecule has 0 radical (unpaired) electrons. The third-order valence-corrected chi connectivity index (χ3v) is 4.85. The zero-order valence-corrected chi connectivity index (χ0v) is 14.4. The Morgan fingerprint density at radius 2 is 2.00 bits per heavy atom. The van der Waals surface area contributed by atoms with Crippen LogP contribution in [0.5, 0.6) is 0 Å². The lowest BCUT2D eigenvalue weighted by Gasteiger charge is -2.19. The quantitative estimate of drug-likeness (QED) is 0.715. The number of amides is 1. The van der Waals surface area contributed by atoms with Crippen LogP contribution in [0.25, 0.3) is 22.6 Å². The molecule has 0 bridgehead atoms. The molecule has 1 atom stereocenters. The highest BCUT2D eigenvalue weighted by atomic mass is 16.2. The molecule has 128 valence electrons. The van der Waals surface area contributed by atoms with E-state index >= 15 is 0 Å². The van der Waals surface area contributed by atoms with Crippen molar-refractivity contribution in [3.63, 3.8) is 0 Å². The van der Waals surface area contributed by atoms with Gasteiger partial charge in [0.25, 0.3) is 0 Å². The number of rotatable bonds is 5. The number of imidazole rings is 1. The molecule has 0 spiro atoms. The summed E-state index contributed by atoms with van der Waals surface area (Å²) in [6.07, 6.45) is 4.68. The van der Waals surface area contributed by atoms with Gasteiger partial charge in [0, 0.05) is 19.2 Å². The molecule has 1 amide bonds. The Morgan fingerprint density at radius 3 is 2.80 bits per heavy atom. The van der Waals surface area contributed by atoms with Crippen molar-refractivity contribution in [2.45, 2.75) is 32.9 Å². The van der Waals surface area contributed by atoms with Gasteiger partial charge in [-0.05, 0) is 36.6 Å². The second kappa shape index (κ2) is 6.67. The van der Waals surface area contributed by atoms with Crippen molar-refractivity contribution in [1.82, 2.24) is 19.4 Å². The van der Waals surface area contributed by atoms with E-state index in [1.54, 1.807) is 6.20 Å². The first-order chi connectivity index (χ1) is 12.3. The second-order valence-corrected chi connectivity index (χ2v) is 6.68. The fourth-order valence-electron chi connectivity index (χ4n) is 3.67. The summed E-state index contributed by atoms with van der Waals surface area (Å²) in [5.41, 5.74) is 2.80. The fraction of sp³-hybridized carbons (Fsp3) is 0.350. The Kier molecular flexibility index (Phi) is 4.22. The first-order valence-corrected chi connectivity index (χ1v) is 8.90. The Balaban J connectivity index is 1.72. The molecular weight excluding hydrogens is 312 g/mol. The number of carbonyl (C=O) groups excluding carboxylic acids is 1. The van der Waals surface area contributed by atoms with Crippen LogP contribution in [0.2, 0.25) is 0 Å². The molecule has 3 heterocycles. The number of hydrogen-bond donors (Lipinski definition) is 0. The standard InChI is InChI=1S/C20H22N4O/c1-2-7-15-12-19(25)23(13-15)14-24-18-10-4-3-8-16(18)22-20(24)17-9-5-6-11-21-17/h3-6,8-11,15H,2,7,12-14H2,1H3. The van der Waals surface area contributed by atoms with E-state index in [0.717, 1.165) is 41.9 Å². The molecule has 0 saturated carbocycles. The maximum absolute atomic E-state index is 12.4. The van der Waals surface area contributed by atoms with Gasteiger partial charge in [-0.15, -0.1) is 0 Å². The molecule has 3 aromatic rings. The summed E-state index contributed by atoms with van der Waals surface area (Å²) >= 11 is 0. The molecule has 5 nitrogen and oxygen atoms in total. The minimum Gasteiger partial charge on any atom is -0.324 e. The molecule has 0 N–H and O–H groups in total. The Hall–Kier alpha value is -2.69. The van der Waals surface area contributed by atoms with Crippen LogP contribution in [0.15, 0.2) is 48.7 Å². The Morgan fingerprint density at radius 1 is 1.16 bits per heavy atom. The van der Waals surface area contributed by atoms with E-state index in [0.29, 0.717) is 19.0 Å². The van der Waals surface area contributed by atoms with Gasteiger partial charge < -0.3 is 9.47 Å². The molecular formula is C20H22N4O. The van der Waals surface area contributed by atoms with Gasteiger partial charge in [0.05, 0.1) is 17.7 Å². The van der Waals surface area contributed by atoms with Gasteiger partial charge in [-0.25, -0.2) is 4.98 Å². The predicted octanol–water partition coefficient (Wildman–Crippen LogP) is 3.70.